The van der Waals surface area contributed by atoms with Crippen molar-refractivity contribution in [3.05, 3.63) is 35.9 Å². The van der Waals surface area contributed by atoms with Crippen molar-refractivity contribution in [1.82, 2.24) is 15.8 Å². The molecule has 0 spiro atoms. The van der Waals surface area contributed by atoms with Gasteiger partial charge < -0.3 is 5.11 Å². The Morgan fingerprint density at radius 2 is 1.86 bits per heavy atom. The molecular formula is C15H19N3O4. The number of carbonyl (C=O) groups is 3. The normalized spacial score (nSPS) is 17.6. The molecule has 1 aliphatic rings. The lowest BCUT2D eigenvalue weighted by atomic mass is 10.0. The Morgan fingerprint density at radius 1 is 1.14 bits per heavy atom. The van der Waals surface area contributed by atoms with Crippen molar-refractivity contribution in [1.29, 1.82) is 0 Å². The Balaban J connectivity index is 1.83. The average Bonchev–Trinajstić information content (AvgIpc) is 2.53. The summed E-state index contributed by atoms with van der Waals surface area (Å²) in [5.41, 5.74) is 5.48. The maximum absolute atomic E-state index is 12.0. The molecule has 1 atom stereocenters. The van der Waals surface area contributed by atoms with Gasteiger partial charge in [0.25, 0.3) is 5.91 Å². The molecule has 7 nitrogen and oxygen atoms in total. The number of nitrogens with zero attached hydrogens (tertiary/aromatic N) is 1. The molecule has 22 heavy (non-hydrogen) atoms. The van der Waals surface area contributed by atoms with Crippen LogP contribution in [0.4, 0.5) is 4.79 Å². The highest BCUT2D eigenvalue weighted by atomic mass is 16.4. The van der Waals surface area contributed by atoms with Crippen LogP contribution in [0.25, 0.3) is 0 Å². The number of hydrogen-bond donors (Lipinski definition) is 3. The molecule has 0 bridgehead atoms. The SMILES string of the molecule is O=C(Cc1ccccc1)NNC(=O)C1CCCCN1C(=O)O. The van der Waals surface area contributed by atoms with Gasteiger partial charge in [0.1, 0.15) is 6.04 Å². The van der Waals surface area contributed by atoms with Crippen LogP contribution in [0.15, 0.2) is 30.3 Å². The second-order valence-electron chi connectivity index (χ2n) is 5.19. The molecular weight excluding hydrogens is 286 g/mol. The van der Waals surface area contributed by atoms with Crippen molar-refractivity contribution in [3.8, 4) is 0 Å². The smallest absolute Gasteiger partial charge is 0.407 e. The molecule has 1 unspecified atom stereocenters. The number of hydrazine groups is 1. The zero-order chi connectivity index (χ0) is 15.9. The van der Waals surface area contributed by atoms with E-state index in [1.165, 1.54) is 0 Å². The number of rotatable bonds is 3. The summed E-state index contributed by atoms with van der Waals surface area (Å²) >= 11 is 0. The van der Waals surface area contributed by atoms with Crippen LogP contribution in [0.1, 0.15) is 24.8 Å². The van der Waals surface area contributed by atoms with Crippen LogP contribution >= 0.6 is 0 Å². The van der Waals surface area contributed by atoms with E-state index in [4.69, 9.17) is 5.11 Å². The zero-order valence-corrected chi connectivity index (χ0v) is 12.1. The fourth-order valence-corrected chi connectivity index (χ4v) is 2.47. The van der Waals surface area contributed by atoms with Gasteiger partial charge >= 0.3 is 6.09 Å². The van der Waals surface area contributed by atoms with Gasteiger partial charge in [0.2, 0.25) is 5.91 Å². The van der Waals surface area contributed by atoms with Crippen LogP contribution in [0, 0.1) is 0 Å². The topological polar surface area (TPSA) is 98.7 Å². The molecule has 7 heteroatoms. The second-order valence-corrected chi connectivity index (χ2v) is 5.19. The predicted octanol–water partition coefficient (Wildman–Crippen LogP) is 0.909. The van der Waals surface area contributed by atoms with Crippen molar-refractivity contribution in [3.63, 3.8) is 0 Å². The van der Waals surface area contributed by atoms with Gasteiger partial charge in [0.15, 0.2) is 0 Å². The first-order valence-electron chi connectivity index (χ1n) is 7.20. The van der Waals surface area contributed by atoms with E-state index >= 15 is 0 Å². The Kier molecular flexibility index (Phi) is 5.35. The van der Waals surface area contributed by atoms with E-state index in [1.54, 1.807) is 0 Å². The molecule has 3 N–H and O–H groups in total. The summed E-state index contributed by atoms with van der Waals surface area (Å²) in [6.45, 7) is 0.339. The third kappa shape index (κ3) is 4.21. The van der Waals surface area contributed by atoms with Crippen molar-refractivity contribution in [2.24, 2.45) is 0 Å². The van der Waals surface area contributed by atoms with Gasteiger partial charge in [-0.1, -0.05) is 30.3 Å². The Labute approximate surface area is 128 Å². The Bertz CT molecular complexity index is 547. The molecule has 3 amide bonds. The zero-order valence-electron chi connectivity index (χ0n) is 12.1. The van der Waals surface area contributed by atoms with Crippen LogP contribution in [0.5, 0.6) is 0 Å². The Hall–Kier alpha value is -2.57. The van der Waals surface area contributed by atoms with E-state index in [2.05, 4.69) is 10.9 Å². The largest absolute Gasteiger partial charge is 0.465 e. The van der Waals surface area contributed by atoms with Crippen molar-refractivity contribution < 1.29 is 19.5 Å². The van der Waals surface area contributed by atoms with Crippen LogP contribution in [0.3, 0.4) is 0 Å². The summed E-state index contributed by atoms with van der Waals surface area (Å²) < 4.78 is 0. The standard InChI is InChI=1S/C15H19N3O4/c19-13(10-11-6-2-1-3-7-11)16-17-14(20)12-8-4-5-9-18(12)15(21)22/h1-3,6-7,12H,4-5,8-10H2,(H,16,19)(H,17,20)(H,21,22). The fraction of sp³-hybridized carbons (Fsp3) is 0.400. The molecule has 118 valence electrons. The lowest BCUT2D eigenvalue weighted by Gasteiger charge is -2.32. The van der Waals surface area contributed by atoms with Crippen LogP contribution in [0.2, 0.25) is 0 Å². The highest BCUT2D eigenvalue weighted by molar-refractivity contribution is 5.88. The van der Waals surface area contributed by atoms with Gasteiger partial charge in [0.05, 0.1) is 6.42 Å². The molecule has 0 saturated carbocycles. The lowest BCUT2D eigenvalue weighted by molar-refractivity contribution is -0.132. The highest BCUT2D eigenvalue weighted by Crippen LogP contribution is 2.16. The second kappa shape index (κ2) is 7.44. The number of likely N-dealkylation sites (tertiary alicyclic amines) is 1. The fourth-order valence-electron chi connectivity index (χ4n) is 2.47. The molecule has 0 aliphatic carbocycles. The van der Waals surface area contributed by atoms with Crippen molar-refractivity contribution in [2.45, 2.75) is 31.7 Å². The van der Waals surface area contributed by atoms with E-state index in [1.807, 2.05) is 30.3 Å². The van der Waals surface area contributed by atoms with Crippen LogP contribution in [-0.4, -0.2) is 40.5 Å². The molecule has 1 aromatic rings. The third-order valence-electron chi connectivity index (χ3n) is 3.58. The number of carboxylic acid groups (broad SMARTS) is 1. The van der Waals surface area contributed by atoms with Gasteiger partial charge in [-0.05, 0) is 24.8 Å². The minimum atomic E-state index is -1.12. The van der Waals surface area contributed by atoms with Gasteiger partial charge in [-0.15, -0.1) is 0 Å². The maximum atomic E-state index is 12.0. The summed E-state index contributed by atoms with van der Waals surface area (Å²) in [4.78, 5) is 36.0. The molecule has 1 aromatic carbocycles. The van der Waals surface area contributed by atoms with E-state index in [-0.39, 0.29) is 12.3 Å². The summed E-state index contributed by atoms with van der Waals surface area (Å²) in [7, 11) is 0. The van der Waals surface area contributed by atoms with Gasteiger partial charge in [-0.3, -0.25) is 25.3 Å². The summed E-state index contributed by atoms with van der Waals surface area (Å²) in [6, 6.07) is 8.39. The first-order chi connectivity index (χ1) is 10.6. The van der Waals surface area contributed by atoms with E-state index in [9.17, 15) is 14.4 Å². The predicted molar refractivity (Wildman–Crippen MR) is 78.8 cm³/mol. The minimum Gasteiger partial charge on any atom is -0.465 e. The number of carbonyl (C=O) groups excluding carboxylic acids is 2. The third-order valence-corrected chi connectivity index (χ3v) is 3.58. The molecule has 0 aromatic heterocycles. The molecule has 0 radical (unpaired) electrons. The number of piperidine rings is 1. The van der Waals surface area contributed by atoms with Crippen LogP contribution in [-0.2, 0) is 16.0 Å². The quantitative estimate of drug-likeness (QED) is 0.723. The molecule has 2 rings (SSSR count). The average molecular weight is 305 g/mol. The molecule has 1 aliphatic heterocycles. The summed E-state index contributed by atoms with van der Waals surface area (Å²) in [5, 5.41) is 9.09. The Morgan fingerprint density at radius 3 is 2.55 bits per heavy atom. The summed E-state index contributed by atoms with van der Waals surface area (Å²) in [6.07, 6.45) is 1.03. The number of nitrogens with one attached hydrogen (secondary N) is 2. The minimum absolute atomic E-state index is 0.147. The van der Waals surface area contributed by atoms with E-state index < -0.39 is 18.0 Å². The lowest BCUT2D eigenvalue weighted by Crippen LogP contribution is -2.55. The highest BCUT2D eigenvalue weighted by Gasteiger charge is 2.32. The summed E-state index contributed by atoms with van der Waals surface area (Å²) in [5.74, 6) is -0.847. The van der Waals surface area contributed by atoms with Gasteiger partial charge in [-0.2, -0.15) is 0 Å². The monoisotopic (exact) mass is 305 g/mol. The van der Waals surface area contributed by atoms with E-state index in [0.717, 1.165) is 23.3 Å². The maximum Gasteiger partial charge on any atom is 0.407 e. The molecule has 1 fully saturated rings. The van der Waals surface area contributed by atoms with E-state index in [0.29, 0.717) is 13.0 Å². The van der Waals surface area contributed by atoms with Gasteiger partial charge in [0, 0.05) is 6.54 Å². The van der Waals surface area contributed by atoms with Crippen molar-refractivity contribution in [2.75, 3.05) is 6.54 Å². The van der Waals surface area contributed by atoms with Crippen LogP contribution < -0.4 is 10.9 Å². The first kappa shape index (κ1) is 15.8. The van der Waals surface area contributed by atoms with Crippen molar-refractivity contribution >= 4 is 17.9 Å². The molecule has 1 saturated heterocycles. The molecule has 1 heterocycles. The van der Waals surface area contributed by atoms with Gasteiger partial charge in [-0.25, -0.2) is 4.79 Å². The number of benzene rings is 1. The number of hydrogen-bond acceptors (Lipinski definition) is 3. The number of amides is 3. The first-order valence-corrected chi connectivity index (χ1v) is 7.20.